The lowest BCUT2D eigenvalue weighted by molar-refractivity contribution is -0.152. The lowest BCUT2D eigenvalue weighted by Gasteiger charge is -2.29. The quantitative estimate of drug-likeness (QED) is 0.337. The molecule has 0 spiro atoms. The largest absolute Gasteiger partial charge is 0.395 e. The molecule has 0 amide bonds. The van der Waals surface area contributed by atoms with E-state index in [0.717, 1.165) is 0 Å². The van der Waals surface area contributed by atoms with Gasteiger partial charge in [0, 0.05) is 29.2 Å². The van der Waals surface area contributed by atoms with Gasteiger partial charge in [-0.05, 0) is 55.0 Å². The molecule has 1 heterocycles. The molecule has 0 fully saturated rings. The van der Waals surface area contributed by atoms with Gasteiger partial charge >= 0.3 is 6.18 Å². The second-order valence-electron chi connectivity index (χ2n) is 10.5. The maximum atomic E-state index is 14.6. The van der Waals surface area contributed by atoms with Crippen molar-refractivity contribution in [1.29, 1.82) is 0 Å². The topological polar surface area (TPSA) is 48.0 Å². The van der Waals surface area contributed by atoms with Crippen molar-refractivity contribution in [3.05, 3.63) is 59.0 Å². The Morgan fingerprint density at radius 2 is 1.74 bits per heavy atom. The van der Waals surface area contributed by atoms with Crippen molar-refractivity contribution >= 4 is 33.5 Å². The van der Waals surface area contributed by atoms with Crippen molar-refractivity contribution < 1.29 is 21.8 Å². The van der Waals surface area contributed by atoms with E-state index in [1.165, 1.54) is 32.2 Å². The zero-order valence-corrected chi connectivity index (χ0v) is 21.3. The van der Waals surface area contributed by atoms with E-state index in [1.54, 1.807) is 28.8 Å². The minimum absolute atomic E-state index is 0.0801. The van der Waals surface area contributed by atoms with Crippen LogP contribution < -0.4 is 5.14 Å². The lowest BCUT2D eigenvalue weighted by Crippen LogP contribution is -2.37. The number of hydrogen-bond donors (Lipinski definition) is 1. The predicted octanol–water partition coefficient (Wildman–Crippen LogP) is 7.58. The third-order valence-corrected chi connectivity index (χ3v) is 7.39. The van der Waals surface area contributed by atoms with Crippen LogP contribution in [-0.4, -0.2) is 19.7 Å². The van der Waals surface area contributed by atoms with Gasteiger partial charge in [0.05, 0.1) is 26.7 Å². The second kappa shape index (κ2) is 9.28. The van der Waals surface area contributed by atoms with Gasteiger partial charge in [0.1, 0.15) is 5.82 Å². The number of nitrogens with zero attached hydrogens (tertiary/aromatic N) is 1. The Bertz CT molecular complexity index is 1210. The summed E-state index contributed by atoms with van der Waals surface area (Å²) < 4.78 is 70.0. The summed E-state index contributed by atoms with van der Waals surface area (Å²) >= 11 is 6.24. The van der Waals surface area contributed by atoms with Gasteiger partial charge in [-0.3, -0.25) is 5.14 Å². The smallest absolute Gasteiger partial charge is 0.347 e. The third kappa shape index (κ3) is 5.66. The number of benzene rings is 2. The van der Waals surface area contributed by atoms with Crippen LogP contribution in [0.2, 0.25) is 5.02 Å². The van der Waals surface area contributed by atoms with Crippen LogP contribution in [0.25, 0.3) is 22.0 Å². The van der Waals surface area contributed by atoms with Gasteiger partial charge < -0.3 is 4.57 Å². The number of rotatable bonds is 6. The van der Waals surface area contributed by atoms with Gasteiger partial charge in [-0.25, -0.2) is 8.60 Å². The molecule has 0 saturated heterocycles. The number of fused-ring (bicyclic) bond motifs is 1. The standard InChI is InChI=1S/C25H29ClF4N2OS/c1-23(2,3)14-32-13-17(18(25(28,29)30)12-24(4,5)34(31)33)16-10-9-15(11-21(16)32)22-19(26)7-6-8-20(22)27/h6-11,13,18H,12,14,31H2,1-5H3/t18-,34?/m0/s1. The van der Waals surface area contributed by atoms with E-state index in [9.17, 15) is 21.8 Å². The Kier molecular flexibility index (Phi) is 7.29. The van der Waals surface area contributed by atoms with E-state index in [4.69, 9.17) is 16.7 Å². The molecule has 1 unspecified atom stereocenters. The fourth-order valence-electron chi connectivity index (χ4n) is 4.14. The van der Waals surface area contributed by atoms with E-state index >= 15 is 0 Å². The molecule has 9 heteroatoms. The van der Waals surface area contributed by atoms with Crippen molar-refractivity contribution in [2.24, 2.45) is 10.6 Å². The fraction of sp³-hybridized carbons (Fsp3) is 0.440. The number of alkyl halides is 3. The molecule has 2 N–H and O–H groups in total. The van der Waals surface area contributed by atoms with Gasteiger partial charge in [-0.15, -0.1) is 0 Å². The first-order valence-electron chi connectivity index (χ1n) is 10.8. The summed E-state index contributed by atoms with van der Waals surface area (Å²) in [5, 5.41) is 6.13. The zero-order chi connectivity index (χ0) is 25.6. The lowest BCUT2D eigenvalue weighted by atomic mass is 9.88. The van der Waals surface area contributed by atoms with Gasteiger partial charge in [0.15, 0.2) is 0 Å². The van der Waals surface area contributed by atoms with E-state index in [1.807, 2.05) is 20.8 Å². The number of aromatic nitrogens is 1. The Labute approximate surface area is 204 Å². The Morgan fingerprint density at radius 3 is 2.26 bits per heavy atom. The number of halogens is 5. The van der Waals surface area contributed by atoms with Crippen LogP contribution in [0.3, 0.4) is 0 Å². The molecule has 1 aromatic heterocycles. The molecule has 34 heavy (non-hydrogen) atoms. The highest BCUT2D eigenvalue weighted by Gasteiger charge is 2.46. The maximum Gasteiger partial charge on any atom is 0.395 e. The maximum absolute atomic E-state index is 14.6. The monoisotopic (exact) mass is 516 g/mol. The van der Waals surface area contributed by atoms with E-state index in [2.05, 4.69) is 0 Å². The van der Waals surface area contributed by atoms with Gasteiger partial charge in [-0.1, -0.05) is 50.6 Å². The van der Waals surface area contributed by atoms with Crippen LogP contribution in [0.1, 0.15) is 52.5 Å². The molecule has 2 atom stereocenters. The highest BCUT2D eigenvalue weighted by atomic mass is 35.5. The molecule has 0 aliphatic heterocycles. The second-order valence-corrected chi connectivity index (χ2v) is 12.6. The summed E-state index contributed by atoms with van der Waals surface area (Å²) in [6, 6.07) is 9.19. The minimum atomic E-state index is -4.58. The molecule has 0 saturated carbocycles. The summed E-state index contributed by atoms with van der Waals surface area (Å²) in [7, 11) is -1.94. The fourth-order valence-corrected chi connectivity index (χ4v) is 4.75. The first-order chi connectivity index (χ1) is 15.5. The summed E-state index contributed by atoms with van der Waals surface area (Å²) in [5.41, 5.74) is 1.06. The van der Waals surface area contributed by atoms with Crippen molar-refractivity contribution in [2.45, 2.75) is 64.4 Å². The summed E-state index contributed by atoms with van der Waals surface area (Å²) in [6.45, 7) is 9.33. The minimum Gasteiger partial charge on any atom is -0.347 e. The van der Waals surface area contributed by atoms with E-state index in [-0.39, 0.29) is 21.6 Å². The van der Waals surface area contributed by atoms with Gasteiger partial charge in [0.25, 0.3) is 0 Å². The Balaban J connectivity index is 2.27. The zero-order valence-electron chi connectivity index (χ0n) is 19.8. The van der Waals surface area contributed by atoms with Crippen LogP contribution in [0.4, 0.5) is 17.6 Å². The molecule has 0 aliphatic rings. The average molecular weight is 517 g/mol. The molecular formula is C25H29ClF4N2OS. The van der Waals surface area contributed by atoms with Gasteiger partial charge in [-0.2, -0.15) is 13.2 Å². The van der Waals surface area contributed by atoms with Crippen LogP contribution in [0, 0.1) is 11.2 Å². The molecule has 3 nitrogen and oxygen atoms in total. The molecule has 0 aliphatic carbocycles. The normalized spacial score (nSPS) is 15.0. The number of hydrogen-bond acceptors (Lipinski definition) is 1. The van der Waals surface area contributed by atoms with Crippen LogP contribution in [0.5, 0.6) is 0 Å². The first kappa shape index (κ1) is 26.7. The van der Waals surface area contributed by atoms with Crippen molar-refractivity contribution in [1.82, 2.24) is 4.57 Å². The first-order valence-corrected chi connectivity index (χ1v) is 12.4. The molecule has 2 aromatic carbocycles. The SMILES string of the molecule is CC(C)(C)Cn1cc([C@H](CC(C)(C)S(N)=O)C(F)(F)F)c2ccc(-c3c(F)cccc3Cl)cc21. The highest BCUT2D eigenvalue weighted by Crippen LogP contribution is 2.45. The summed E-state index contributed by atoms with van der Waals surface area (Å²) in [4.78, 5) is 0. The third-order valence-electron chi connectivity index (χ3n) is 5.82. The number of nitrogens with two attached hydrogens (primary N) is 1. The molecule has 0 bridgehead atoms. The summed E-state index contributed by atoms with van der Waals surface area (Å²) in [5.74, 6) is -2.39. The molecule has 3 rings (SSSR count). The molecule has 3 aromatic rings. The highest BCUT2D eigenvalue weighted by molar-refractivity contribution is 7.84. The Morgan fingerprint density at radius 1 is 1.09 bits per heavy atom. The molecule has 186 valence electrons. The van der Waals surface area contributed by atoms with E-state index in [0.29, 0.717) is 23.0 Å². The van der Waals surface area contributed by atoms with Crippen LogP contribution in [-0.2, 0) is 17.5 Å². The molecule has 0 radical (unpaired) electrons. The van der Waals surface area contributed by atoms with Gasteiger partial charge in [0.2, 0.25) is 0 Å². The van der Waals surface area contributed by atoms with Crippen LogP contribution >= 0.6 is 11.6 Å². The van der Waals surface area contributed by atoms with Crippen molar-refractivity contribution in [2.75, 3.05) is 0 Å². The van der Waals surface area contributed by atoms with E-state index < -0.39 is 40.1 Å². The predicted molar refractivity (Wildman–Crippen MR) is 132 cm³/mol. The summed E-state index contributed by atoms with van der Waals surface area (Å²) in [6.07, 6.45) is -3.50. The van der Waals surface area contributed by atoms with Crippen molar-refractivity contribution in [3.8, 4) is 11.1 Å². The Hall–Kier alpha value is -1.90. The average Bonchev–Trinajstić information content (AvgIpc) is 3.01. The molecular weight excluding hydrogens is 488 g/mol. The van der Waals surface area contributed by atoms with Crippen LogP contribution in [0.15, 0.2) is 42.6 Å². The van der Waals surface area contributed by atoms with Crippen molar-refractivity contribution in [3.63, 3.8) is 0 Å².